The van der Waals surface area contributed by atoms with Crippen LogP contribution < -0.4 is 10.3 Å². The van der Waals surface area contributed by atoms with Crippen molar-refractivity contribution in [2.75, 3.05) is 6.54 Å². The first kappa shape index (κ1) is 14.2. The van der Waals surface area contributed by atoms with Gasteiger partial charge in [0.15, 0.2) is 0 Å². The summed E-state index contributed by atoms with van der Waals surface area (Å²) in [4.78, 5) is 21.3. The van der Waals surface area contributed by atoms with Gasteiger partial charge in [-0.05, 0) is 24.3 Å². The van der Waals surface area contributed by atoms with Crippen LogP contribution in [-0.4, -0.2) is 26.0 Å². The first-order valence-corrected chi connectivity index (χ1v) is 7.12. The maximum absolute atomic E-state index is 11.9. The number of rotatable bonds is 5. The van der Waals surface area contributed by atoms with E-state index in [-0.39, 0.29) is 23.4 Å². The molecule has 0 aliphatic heterocycles. The quantitative estimate of drug-likeness (QED) is 0.779. The lowest BCUT2D eigenvalue weighted by atomic mass is 10.2. The first-order valence-electron chi connectivity index (χ1n) is 5.64. The number of carboxylic acids is 1. The number of hydrogen-bond acceptors (Lipinski definition) is 5. The highest BCUT2D eigenvalue weighted by Crippen LogP contribution is 2.17. The number of sulfonamides is 1. The van der Waals surface area contributed by atoms with E-state index in [9.17, 15) is 18.0 Å². The number of hydrogen-bond donors (Lipinski definition) is 2. The average Bonchev–Trinajstić information content (AvgIpc) is 2.37. The molecule has 20 heavy (non-hydrogen) atoms. The smallest absolute Gasteiger partial charge is 0.336 e. The third kappa shape index (κ3) is 3.22. The van der Waals surface area contributed by atoms with E-state index in [2.05, 4.69) is 4.72 Å². The van der Waals surface area contributed by atoms with Crippen molar-refractivity contribution in [2.24, 2.45) is 0 Å². The molecule has 0 saturated carbocycles. The molecule has 2 N–H and O–H groups in total. The molecule has 0 radical (unpaired) electrons. The number of benzene rings is 1. The molecule has 0 aliphatic carbocycles. The Morgan fingerprint density at radius 3 is 2.70 bits per heavy atom. The van der Waals surface area contributed by atoms with Crippen molar-refractivity contribution in [3.8, 4) is 0 Å². The summed E-state index contributed by atoms with van der Waals surface area (Å²) in [6.45, 7) is -0.195. The third-order valence-electron chi connectivity index (χ3n) is 2.53. The van der Waals surface area contributed by atoms with Crippen LogP contribution >= 0.6 is 0 Å². The van der Waals surface area contributed by atoms with Gasteiger partial charge in [0.05, 0.1) is 11.3 Å². The van der Waals surface area contributed by atoms with Crippen molar-refractivity contribution < 1.29 is 22.7 Å². The molecule has 2 rings (SSSR count). The Balaban J connectivity index is 2.30. The highest BCUT2D eigenvalue weighted by Gasteiger charge is 2.15. The zero-order chi connectivity index (χ0) is 14.8. The highest BCUT2D eigenvalue weighted by atomic mass is 32.2. The van der Waals surface area contributed by atoms with Crippen LogP contribution in [0.15, 0.2) is 44.4 Å². The van der Waals surface area contributed by atoms with Crippen LogP contribution in [0.5, 0.6) is 0 Å². The zero-order valence-electron chi connectivity index (χ0n) is 10.2. The fourth-order valence-electron chi connectivity index (χ4n) is 1.59. The predicted molar refractivity (Wildman–Crippen MR) is 69.9 cm³/mol. The van der Waals surface area contributed by atoms with E-state index >= 15 is 0 Å². The highest BCUT2D eigenvalue weighted by molar-refractivity contribution is 7.89. The Bertz CT molecular complexity index is 808. The molecule has 0 bridgehead atoms. The zero-order valence-corrected chi connectivity index (χ0v) is 11.0. The predicted octanol–water partition coefficient (Wildman–Crippen LogP) is 0.546. The van der Waals surface area contributed by atoms with Gasteiger partial charge in [0, 0.05) is 18.0 Å². The van der Waals surface area contributed by atoms with Crippen molar-refractivity contribution in [1.29, 1.82) is 0 Å². The summed E-state index contributed by atoms with van der Waals surface area (Å²) >= 11 is 0. The Kier molecular flexibility index (Phi) is 3.86. The standard InChI is InChI=1S/C12H11NO6S/c14-11(15)5-6-13-20(17,18)9-2-3-10-8(7-9)1-4-12(16)19-10/h1-4,7,13H,5-6H2,(H,14,15). The minimum Gasteiger partial charge on any atom is -0.481 e. The van der Waals surface area contributed by atoms with E-state index in [1.54, 1.807) is 0 Å². The van der Waals surface area contributed by atoms with Crippen LogP contribution in [0.25, 0.3) is 11.0 Å². The van der Waals surface area contributed by atoms with Gasteiger partial charge >= 0.3 is 11.6 Å². The van der Waals surface area contributed by atoms with Gasteiger partial charge in [0.2, 0.25) is 10.0 Å². The van der Waals surface area contributed by atoms with Crippen LogP contribution in [0.4, 0.5) is 0 Å². The minimum absolute atomic E-state index is 0.0239. The second-order valence-electron chi connectivity index (χ2n) is 4.00. The van der Waals surface area contributed by atoms with Gasteiger partial charge in [-0.2, -0.15) is 0 Å². The van der Waals surface area contributed by atoms with Gasteiger partial charge in [-0.3, -0.25) is 4.79 Å². The maximum atomic E-state index is 11.9. The number of carboxylic acid groups (broad SMARTS) is 1. The van der Waals surface area contributed by atoms with Gasteiger partial charge in [-0.25, -0.2) is 17.9 Å². The van der Waals surface area contributed by atoms with Gasteiger partial charge in [0.1, 0.15) is 5.58 Å². The average molecular weight is 297 g/mol. The summed E-state index contributed by atoms with van der Waals surface area (Å²) in [6, 6.07) is 6.66. The van der Waals surface area contributed by atoms with E-state index in [1.807, 2.05) is 0 Å². The van der Waals surface area contributed by atoms with E-state index in [1.165, 1.54) is 30.3 Å². The van der Waals surface area contributed by atoms with Crippen molar-refractivity contribution in [3.05, 3.63) is 40.8 Å². The van der Waals surface area contributed by atoms with Gasteiger partial charge in [-0.1, -0.05) is 0 Å². The van der Waals surface area contributed by atoms with E-state index in [4.69, 9.17) is 9.52 Å². The maximum Gasteiger partial charge on any atom is 0.336 e. The topological polar surface area (TPSA) is 114 Å². The Hall–Kier alpha value is -2.19. The van der Waals surface area contributed by atoms with E-state index < -0.39 is 21.6 Å². The van der Waals surface area contributed by atoms with Crippen molar-refractivity contribution in [1.82, 2.24) is 4.72 Å². The number of nitrogens with one attached hydrogen (secondary N) is 1. The van der Waals surface area contributed by atoms with Gasteiger partial charge < -0.3 is 9.52 Å². The van der Waals surface area contributed by atoms with Crippen LogP contribution in [0.1, 0.15) is 6.42 Å². The van der Waals surface area contributed by atoms with Crippen LogP contribution in [0, 0.1) is 0 Å². The monoisotopic (exact) mass is 297 g/mol. The second-order valence-corrected chi connectivity index (χ2v) is 5.76. The summed E-state index contributed by atoms with van der Waals surface area (Å²) in [5.74, 6) is -1.09. The molecular weight excluding hydrogens is 286 g/mol. The summed E-state index contributed by atoms with van der Waals surface area (Å²) < 4.78 is 30.9. The lowest BCUT2D eigenvalue weighted by Gasteiger charge is -2.06. The number of aliphatic carboxylic acids is 1. The Labute approximate surface area is 113 Å². The molecule has 0 amide bonds. The molecule has 2 aromatic rings. The molecule has 1 aromatic heterocycles. The number of carbonyl (C=O) groups is 1. The van der Waals surface area contributed by atoms with Crippen molar-refractivity contribution >= 4 is 27.0 Å². The fraction of sp³-hybridized carbons (Fsp3) is 0.167. The molecule has 1 aromatic carbocycles. The molecule has 0 atom stereocenters. The SMILES string of the molecule is O=C(O)CCNS(=O)(=O)c1ccc2oc(=O)ccc2c1. The lowest BCUT2D eigenvalue weighted by molar-refractivity contribution is -0.136. The molecule has 0 fully saturated rings. The van der Waals surface area contributed by atoms with Crippen molar-refractivity contribution in [3.63, 3.8) is 0 Å². The second kappa shape index (κ2) is 5.43. The molecule has 0 unspecified atom stereocenters. The molecule has 8 heteroatoms. The van der Waals surface area contributed by atoms with Crippen LogP contribution in [0.2, 0.25) is 0 Å². The number of fused-ring (bicyclic) bond motifs is 1. The largest absolute Gasteiger partial charge is 0.481 e. The normalized spacial score (nSPS) is 11.6. The summed E-state index contributed by atoms with van der Waals surface area (Å²) in [5, 5.41) is 8.94. The lowest BCUT2D eigenvalue weighted by Crippen LogP contribution is -2.26. The summed E-state index contributed by atoms with van der Waals surface area (Å²) in [7, 11) is -3.79. The molecule has 0 spiro atoms. The Morgan fingerprint density at radius 1 is 1.25 bits per heavy atom. The van der Waals surface area contributed by atoms with Gasteiger partial charge in [-0.15, -0.1) is 0 Å². The minimum atomic E-state index is -3.79. The third-order valence-corrected chi connectivity index (χ3v) is 3.99. The van der Waals surface area contributed by atoms with Crippen molar-refractivity contribution in [2.45, 2.75) is 11.3 Å². The molecule has 0 aliphatic rings. The molecule has 106 valence electrons. The fourth-order valence-corrected chi connectivity index (χ4v) is 2.66. The van der Waals surface area contributed by atoms with Gasteiger partial charge in [0.25, 0.3) is 0 Å². The molecule has 0 saturated heterocycles. The molecule has 7 nitrogen and oxygen atoms in total. The van der Waals surface area contributed by atoms with Crippen LogP contribution in [0.3, 0.4) is 0 Å². The molecule has 1 heterocycles. The Morgan fingerprint density at radius 2 is 2.00 bits per heavy atom. The summed E-state index contributed by atoms with van der Waals surface area (Å²) in [5.41, 5.74) is -0.241. The van der Waals surface area contributed by atoms with Crippen LogP contribution in [-0.2, 0) is 14.8 Å². The van der Waals surface area contributed by atoms with E-state index in [0.717, 1.165) is 0 Å². The summed E-state index contributed by atoms with van der Waals surface area (Å²) in [6.07, 6.45) is -0.304. The first-order chi connectivity index (χ1) is 9.38. The van der Waals surface area contributed by atoms with E-state index in [0.29, 0.717) is 5.39 Å². The molecular formula is C12H11NO6S.